The largest absolute Gasteiger partial charge is 0.508 e. The van der Waals surface area contributed by atoms with Crippen LogP contribution in [0.25, 0.3) is 0 Å². The van der Waals surface area contributed by atoms with Crippen molar-refractivity contribution < 1.29 is 29.4 Å². The van der Waals surface area contributed by atoms with Crippen molar-refractivity contribution in [2.75, 3.05) is 26.3 Å². The standard InChI is InChI=1S/C30H34N2O6/c33-26-19-24-18-25(12-8-3-1-2-4-9-17-37-30(36)29(24)27(34)20-26)31-38-21-28(35)32-15-13-23(14-16-32)22-10-6-5-7-11-22/h2,4-8,10-12,19-20,23,33-34H,1,3,9,13-18,21H2/b4-2+,12-8+,31-25?. The summed E-state index contributed by atoms with van der Waals surface area (Å²) in [5, 5.41) is 24.6. The van der Waals surface area contributed by atoms with Crippen LogP contribution >= 0.6 is 0 Å². The van der Waals surface area contributed by atoms with E-state index in [4.69, 9.17) is 9.57 Å². The van der Waals surface area contributed by atoms with Crippen LogP contribution < -0.4 is 0 Å². The van der Waals surface area contributed by atoms with Crippen LogP contribution in [0.2, 0.25) is 0 Å². The molecule has 38 heavy (non-hydrogen) atoms. The zero-order chi connectivity index (χ0) is 26.7. The molecule has 200 valence electrons. The summed E-state index contributed by atoms with van der Waals surface area (Å²) in [6.45, 7) is 1.32. The van der Waals surface area contributed by atoms with E-state index in [9.17, 15) is 19.8 Å². The molecule has 8 heteroatoms. The maximum absolute atomic E-state index is 12.8. The molecule has 0 saturated carbocycles. The minimum Gasteiger partial charge on any atom is -0.508 e. The maximum atomic E-state index is 12.8. The van der Waals surface area contributed by atoms with E-state index in [-0.39, 0.29) is 42.6 Å². The van der Waals surface area contributed by atoms with Crippen LogP contribution in [0.4, 0.5) is 0 Å². The van der Waals surface area contributed by atoms with Gasteiger partial charge < -0.3 is 24.7 Å². The molecule has 2 aliphatic heterocycles. The number of allylic oxidation sites excluding steroid dienone is 3. The first-order valence-corrected chi connectivity index (χ1v) is 13.1. The number of ether oxygens (including phenoxy) is 1. The quantitative estimate of drug-likeness (QED) is 0.340. The Bertz CT molecular complexity index is 1200. The number of benzene rings is 2. The summed E-state index contributed by atoms with van der Waals surface area (Å²) >= 11 is 0. The lowest BCUT2D eigenvalue weighted by Gasteiger charge is -2.32. The van der Waals surface area contributed by atoms with Gasteiger partial charge in [-0.1, -0.05) is 53.7 Å². The van der Waals surface area contributed by atoms with Gasteiger partial charge >= 0.3 is 5.97 Å². The maximum Gasteiger partial charge on any atom is 0.342 e. The average Bonchev–Trinajstić information content (AvgIpc) is 2.91. The zero-order valence-electron chi connectivity index (χ0n) is 21.4. The van der Waals surface area contributed by atoms with Crippen molar-refractivity contribution in [1.29, 1.82) is 0 Å². The van der Waals surface area contributed by atoms with Crippen molar-refractivity contribution in [3.8, 4) is 11.5 Å². The van der Waals surface area contributed by atoms with Gasteiger partial charge in [0.15, 0.2) is 6.61 Å². The fraction of sp³-hybridized carbons (Fsp3) is 0.367. The Labute approximate surface area is 222 Å². The van der Waals surface area contributed by atoms with E-state index in [0.29, 0.717) is 36.7 Å². The van der Waals surface area contributed by atoms with E-state index in [0.717, 1.165) is 31.7 Å². The lowest BCUT2D eigenvalue weighted by molar-refractivity contribution is -0.137. The van der Waals surface area contributed by atoms with Gasteiger partial charge in [-0.15, -0.1) is 0 Å². The zero-order valence-corrected chi connectivity index (χ0v) is 21.4. The first-order chi connectivity index (χ1) is 18.5. The number of hydrogen-bond donors (Lipinski definition) is 2. The molecule has 8 nitrogen and oxygen atoms in total. The Kier molecular flexibility index (Phi) is 9.56. The normalized spacial score (nSPS) is 20.2. The number of likely N-dealkylation sites (tertiary alicyclic amines) is 1. The third-order valence-corrected chi connectivity index (χ3v) is 6.74. The Balaban J connectivity index is 1.43. The SMILES string of the molecule is O=C1OCC/C=C/CC/C=C/C(=NOCC(=O)N2CCC(c3ccccc3)CC2)Cc2cc(O)cc(O)c21. The molecule has 0 aromatic heterocycles. The van der Waals surface area contributed by atoms with Crippen LogP contribution in [0.1, 0.15) is 59.5 Å². The highest BCUT2D eigenvalue weighted by Crippen LogP contribution is 2.29. The van der Waals surface area contributed by atoms with Crippen LogP contribution in [0.5, 0.6) is 11.5 Å². The molecule has 1 amide bonds. The molecule has 2 aliphatic rings. The minimum absolute atomic E-state index is 0.0256. The molecule has 4 rings (SSSR count). The molecule has 1 fully saturated rings. The smallest absolute Gasteiger partial charge is 0.342 e. The van der Waals surface area contributed by atoms with Gasteiger partial charge in [-0.3, -0.25) is 4.79 Å². The third-order valence-electron chi connectivity index (χ3n) is 6.74. The number of nitrogens with zero attached hydrogens (tertiary/aromatic N) is 2. The summed E-state index contributed by atoms with van der Waals surface area (Å²) in [6.07, 6.45) is 11.7. The van der Waals surface area contributed by atoms with Crippen LogP contribution in [-0.4, -0.2) is 59.0 Å². The lowest BCUT2D eigenvalue weighted by Crippen LogP contribution is -2.39. The average molecular weight is 519 g/mol. The first kappa shape index (κ1) is 27.0. The number of piperidine rings is 1. The second-order valence-corrected chi connectivity index (χ2v) is 9.47. The van der Waals surface area contributed by atoms with Crippen molar-refractivity contribution in [3.05, 3.63) is 83.5 Å². The fourth-order valence-corrected chi connectivity index (χ4v) is 4.75. The second kappa shape index (κ2) is 13.5. The number of oxime groups is 1. The van der Waals surface area contributed by atoms with Gasteiger partial charge in [0, 0.05) is 25.6 Å². The molecular formula is C30H34N2O6. The van der Waals surface area contributed by atoms with Gasteiger partial charge in [-0.2, -0.15) is 0 Å². The number of carbonyl (C=O) groups excluding carboxylic acids is 2. The number of esters is 1. The van der Waals surface area contributed by atoms with Crippen LogP contribution in [0.3, 0.4) is 0 Å². The fourth-order valence-electron chi connectivity index (χ4n) is 4.75. The highest BCUT2D eigenvalue weighted by Gasteiger charge is 2.24. The number of hydrogen-bond acceptors (Lipinski definition) is 7. The van der Waals surface area contributed by atoms with E-state index >= 15 is 0 Å². The molecule has 0 aliphatic carbocycles. The van der Waals surface area contributed by atoms with Gasteiger partial charge in [-0.25, -0.2) is 4.79 Å². The molecule has 0 atom stereocenters. The first-order valence-electron chi connectivity index (χ1n) is 13.1. The van der Waals surface area contributed by atoms with Gasteiger partial charge in [0.25, 0.3) is 5.91 Å². The molecule has 0 spiro atoms. The summed E-state index contributed by atoms with van der Waals surface area (Å²) < 4.78 is 5.31. The number of phenols is 2. The van der Waals surface area contributed by atoms with Crippen LogP contribution in [-0.2, 0) is 20.8 Å². The highest BCUT2D eigenvalue weighted by atomic mass is 16.6. The molecular weight excluding hydrogens is 484 g/mol. The number of carbonyl (C=O) groups is 2. The number of phenolic OH excluding ortho intramolecular Hbond substituents is 2. The Hall–Kier alpha value is -4.07. The predicted octanol–water partition coefficient (Wildman–Crippen LogP) is 4.87. The molecule has 0 radical (unpaired) electrons. The highest BCUT2D eigenvalue weighted by molar-refractivity contribution is 6.00. The van der Waals surface area contributed by atoms with E-state index in [2.05, 4.69) is 17.3 Å². The van der Waals surface area contributed by atoms with Crippen molar-refractivity contribution in [2.45, 2.75) is 44.4 Å². The number of fused-ring (bicyclic) bond motifs is 1. The van der Waals surface area contributed by atoms with Crippen molar-refractivity contribution in [2.24, 2.45) is 5.16 Å². The van der Waals surface area contributed by atoms with E-state index in [1.807, 2.05) is 36.4 Å². The predicted molar refractivity (Wildman–Crippen MR) is 144 cm³/mol. The summed E-state index contributed by atoms with van der Waals surface area (Å²) in [5.74, 6) is -0.912. The summed E-state index contributed by atoms with van der Waals surface area (Å²) in [6, 6.07) is 12.9. The molecule has 0 unspecified atom stereocenters. The Morgan fingerprint density at radius 2 is 1.76 bits per heavy atom. The minimum atomic E-state index is -0.679. The van der Waals surface area contributed by atoms with E-state index < -0.39 is 5.97 Å². The van der Waals surface area contributed by atoms with E-state index in [1.165, 1.54) is 11.6 Å². The molecule has 2 N–H and O–H groups in total. The van der Waals surface area contributed by atoms with Crippen LogP contribution in [0, 0.1) is 0 Å². The Morgan fingerprint density at radius 3 is 2.55 bits per heavy atom. The van der Waals surface area contributed by atoms with E-state index in [1.54, 1.807) is 11.0 Å². The number of rotatable bonds is 4. The van der Waals surface area contributed by atoms with Crippen molar-refractivity contribution >= 4 is 17.6 Å². The number of amides is 1. The monoisotopic (exact) mass is 518 g/mol. The molecule has 1 saturated heterocycles. The number of cyclic esters (lactones) is 1. The summed E-state index contributed by atoms with van der Waals surface area (Å²) in [5.41, 5.74) is 2.07. The van der Waals surface area contributed by atoms with Gasteiger partial charge in [0.05, 0.1) is 12.3 Å². The Morgan fingerprint density at radius 1 is 1.03 bits per heavy atom. The summed E-state index contributed by atoms with van der Waals surface area (Å²) in [7, 11) is 0. The topological polar surface area (TPSA) is 109 Å². The molecule has 2 aromatic carbocycles. The van der Waals surface area contributed by atoms with Crippen molar-refractivity contribution in [3.63, 3.8) is 0 Å². The van der Waals surface area contributed by atoms with Gasteiger partial charge in [0.1, 0.15) is 17.1 Å². The lowest BCUT2D eigenvalue weighted by atomic mass is 9.89. The summed E-state index contributed by atoms with van der Waals surface area (Å²) in [4.78, 5) is 32.7. The molecule has 0 bridgehead atoms. The van der Waals surface area contributed by atoms with Gasteiger partial charge in [0.2, 0.25) is 0 Å². The second-order valence-electron chi connectivity index (χ2n) is 9.47. The number of aromatic hydroxyl groups is 2. The molecule has 2 aromatic rings. The molecule has 2 heterocycles. The van der Waals surface area contributed by atoms with Crippen LogP contribution in [0.15, 0.2) is 71.9 Å². The third kappa shape index (κ3) is 7.47. The van der Waals surface area contributed by atoms with Gasteiger partial charge in [-0.05, 0) is 61.3 Å². The van der Waals surface area contributed by atoms with Crippen molar-refractivity contribution in [1.82, 2.24) is 4.90 Å².